The Kier molecular flexibility index (Phi) is 8.06. The van der Waals surface area contributed by atoms with E-state index in [4.69, 9.17) is 4.74 Å². The molecule has 2 rings (SSSR count). The van der Waals surface area contributed by atoms with Gasteiger partial charge in [-0.1, -0.05) is 52.8 Å². The number of anilines is 1. The van der Waals surface area contributed by atoms with Crippen LogP contribution in [0.4, 0.5) is 5.69 Å². The molecule has 1 aromatic carbocycles. The molecule has 0 saturated carbocycles. The van der Waals surface area contributed by atoms with E-state index in [-0.39, 0.29) is 5.91 Å². The zero-order valence-electron chi connectivity index (χ0n) is 18.6. The molecule has 0 aliphatic carbocycles. The highest BCUT2D eigenvalue weighted by Gasteiger charge is 2.27. The lowest BCUT2D eigenvalue weighted by atomic mass is 10.0. The van der Waals surface area contributed by atoms with E-state index in [1.54, 1.807) is 13.0 Å². The molecule has 1 amide bonds. The summed E-state index contributed by atoms with van der Waals surface area (Å²) in [6.45, 7) is 12.5. The molecule has 0 bridgehead atoms. The molecule has 5 heteroatoms. The third-order valence-electron chi connectivity index (χ3n) is 4.96. The van der Waals surface area contributed by atoms with Gasteiger partial charge < -0.3 is 15.3 Å². The Hall–Kier alpha value is -2.56. The van der Waals surface area contributed by atoms with Crippen LogP contribution in [0.15, 0.2) is 24.3 Å². The van der Waals surface area contributed by atoms with Crippen molar-refractivity contribution in [2.75, 3.05) is 11.9 Å². The Morgan fingerprint density at radius 2 is 1.79 bits per heavy atom. The van der Waals surface area contributed by atoms with Gasteiger partial charge in [0, 0.05) is 25.1 Å². The topological polar surface area (TPSA) is 65.3 Å². The molecule has 29 heavy (non-hydrogen) atoms. The van der Waals surface area contributed by atoms with Crippen molar-refractivity contribution >= 4 is 11.6 Å². The van der Waals surface area contributed by atoms with Crippen molar-refractivity contribution in [3.05, 3.63) is 57.6 Å². The smallest absolute Gasteiger partial charge is 0.265 e. The molecule has 0 spiro atoms. The van der Waals surface area contributed by atoms with Crippen LogP contribution in [-0.4, -0.2) is 12.5 Å². The highest BCUT2D eigenvalue weighted by atomic mass is 16.5. The van der Waals surface area contributed by atoms with E-state index >= 15 is 0 Å². The lowest BCUT2D eigenvalue weighted by Crippen LogP contribution is -2.38. The second-order valence-electron chi connectivity index (χ2n) is 7.83. The van der Waals surface area contributed by atoms with Crippen LogP contribution in [0.1, 0.15) is 73.9 Å². The summed E-state index contributed by atoms with van der Waals surface area (Å²) >= 11 is 0. The molecule has 0 aliphatic rings. The first-order chi connectivity index (χ1) is 13.8. The van der Waals surface area contributed by atoms with E-state index in [9.17, 15) is 10.0 Å². The number of carbonyl (C=O) groups is 1. The second kappa shape index (κ2) is 10.3. The standard InChI is InChI=1S/C24H34N2O3/c1-7-11-20-22(21(29-15-16(4)5)14-17(6)26(20)28)24(27)25-23-18(8-2)12-10-13-19(23)9-3/h10,12-14,16H,7-9,11,15H2,1-6H3,(H,25,27). The molecule has 0 aliphatic heterocycles. The minimum Gasteiger partial charge on any atom is -0.618 e. The van der Waals surface area contributed by atoms with Gasteiger partial charge in [-0.25, -0.2) is 0 Å². The van der Waals surface area contributed by atoms with Crippen molar-refractivity contribution in [3.63, 3.8) is 0 Å². The van der Waals surface area contributed by atoms with Gasteiger partial charge in [0.1, 0.15) is 11.3 Å². The molecule has 0 saturated heterocycles. The van der Waals surface area contributed by atoms with Gasteiger partial charge in [0.15, 0.2) is 5.69 Å². The highest BCUT2D eigenvalue weighted by molar-refractivity contribution is 6.07. The Bertz CT molecular complexity index is 837. The predicted molar refractivity (Wildman–Crippen MR) is 118 cm³/mol. The van der Waals surface area contributed by atoms with E-state index in [1.807, 2.05) is 25.1 Å². The minimum atomic E-state index is -0.285. The zero-order chi connectivity index (χ0) is 21.6. The minimum absolute atomic E-state index is 0.285. The number of amides is 1. The molecule has 1 N–H and O–H groups in total. The number of carbonyl (C=O) groups excluding carboxylic acids is 1. The lowest BCUT2D eigenvalue weighted by Gasteiger charge is -2.19. The van der Waals surface area contributed by atoms with Crippen LogP contribution in [-0.2, 0) is 19.3 Å². The van der Waals surface area contributed by atoms with Crippen molar-refractivity contribution in [2.45, 2.75) is 67.2 Å². The fourth-order valence-corrected chi connectivity index (χ4v) is 3.43. The summed E-state index contributed by atoms with van der Waals surface area (Å²) in [5, 5.41) is 15.9. The highest BCUT2D eigenvalue weighted by Crippen LogP contribution is 2.28. The summed E-state index contributed by atoms with van der Waals surface area (Å²) in [6, 6.07) is 7.75. The molecule has 0 radical (unpaired) electrons. The van der Waals surface area contributed by atoms with Crippen LogP contribution in [0, 0.1) is 18.0 Å². The fourth-order valence-electron chi connectivity index (χ4n) is 3.43. The van der Waals surface area contributed by atoms with E-state index < -0.39 is 0 Å². The second-order valence-corrected chi connectivity index (χ2v) is 7.83. The molecule has 2 aromatic rings. The SMILES string of the molecule is CCCc1c(C(=O)Nc2c(CC)cccc2CC)c(OCC(C)C)cc(C)[n+]1[O-]. The van der Waals surface area contributed by atoms with E-state index in [0.29, 0.717) is 41.6 Å². The van der Waals surface area contributed by atoms with Crippen LogP contribution in [0.3, 0.4) is 0 Å². The van der Waals surface area contributed by atoms with Crippen molar-refractivity contribution in [1.29, 1.82) is 0 Å². The average molecular weight is 399 g/mol. The Balaban J connectivity index is 2.56. The van der Waals surface area contributed by atoms with Crippen LogP contribution < -0.4 is 14.8 Å². The van der Waals surface area contributed by atoms with Crippen LogP contribution in [0.2, 0.25) is 0 Å². The predicted octanol–water partition coefficient (Wildman–Crippen LogP) is 4.99. The van der Waals surface area contributed by atoms with Crippen molar-refractivity contribution in [2.24, 2.45) is 5.92 Å². The fraction of sp³-hybridized carbons (Fsp3) is 0.500. The molecule has 0 unspecified atom stereocenters. The molecule has 0 fully saturated rings. The Labute approximate surface area is 174 Å². The molecular weight excluding hydrogens is 364 g/mol. The molecule has 1 heterocycles. The van der Waals surface area contributed by atoms with E-state index in [1.165, 1.54) is 0 Å². The van der Waals surface area contributed by atoms with Gasteiger partial charge in [0.25, 0.3) is 5.91 Å². The quantitative estimate of drug-likeness (QED) is 0.478. The van der Waals surface area contributed by atoms with Crippen molar-refractivity contribution < 1.29 is 14.3 Å². The van der Waals surface area contributed by atoms with Gasteiger partial charge in [-0.15, -0.1) is 0 Å². The maximum atomic E-state index is 13.4. The number of benzene rings is 1. The zero-order valence-corrected chi connectivity index (χ0v) is 18.6. The number of nitrogens with one attached hydrogen (secondary N) is 1. The third kappa shape index (κ3) is 5.28. The number of aromatic nitrogens is 1. The summed E-state index contributed by atoms with van der Waals surface area (Å²) < 4.78 is 6.85. The van der Waals surface area contributed by atoms with Crippen LogP contribution in [0.25, 0.3) is 0 Å². The van der Waals surface area contributed by atoms with Crippen molar-refractivity contribution in [1.82, 2.24) is 0 Å². The van der Waals surface area contributed by atoms with Crippen molar-refractivity contribution in [3.8, 4) is 5.75 Å². The molecule has 0 atom stereocenters. The summed E-state index contributed by atoms with van der Waals surface area (Å²) in [4.78, 5) is 13.4. The van der Waals surface area contributed by atoms with E-state index in [2.05, 4.69) is 33.0 Å². The first-order valence-electron chi connectivity index (χ1n) is 10.6. The first kappa shape index (κ1) is 22.7. The Morgan fingerprint density at radius 3 is 2.31 bits per heavy atom. The monoisotopic (exact) mass is 398 g/mol. The molecular formula is C24H34N2O3. The summed E-state index contributed by atoms with van der Waals surface area (Å²) in [6.07, 6.45) is 2.91. The number of hydrogen-bond donors (Lipinski definition) is 1. The molecule has 5 nitrogen and oxygen atoms in total. The largest absolute Gasteiger partial charge is 0.618 e. The summed E-state index contributed by atoms with van der Waals surface area (Å²) in [5.74, 6) is 0.511. The Morgan fingerprint density at radius 1 is 1.17 bits per heavy atom. The van der Waals surface area contributed by atoms with Gasteiger partial charge in [0.05, 0.1) is 6.61 Å². The number of aryl methyl sites for hydroxylation is 3. The van der Waals surface area contributed by atoms with Gasteiger partial charge in [-0.2, -0.15) is 4.73 Å². The van der Waals surface area contributed by atoms with Crippen LogP contribution >= 0.6 is 0 Å². The summed E-state index contributed by atoms with van der Waals surface area (Å²) in [5.41, 5.74) is 4.37. The van der Waals surface area contributed by atoms with E-state index in [0.717, 1.165) is 40.8 Å². The maximum Gasteiger partial charge on any atom is 0.265 e. The molecule has 158 valence electrons. The number of hydrogen-bond acceptors (Lipinski definition) is 3. The van der Waals surface area contributed by atoms with Gasteiger partial charge in [0.2, 0.25) is 5.69 Å². The molecule has 1 aromatic heterocycles. The van der Waals surface area contributed by atoms with Gasteiger partial charge in [-0.05, 0) is 36.3 Å². The number of rotatable bonds is 9. The number of nitrogens with zero attached hydrogens (tertiary/aromatic N) is 1. The number of para-hydroxylation sites is 1. The normalized spacial score (nSPS) is 11.0. The van der Waals surface area contributed by atoms with Gasteiger partial charge in [-0.3, -0.25) is 4.79 Å². The van der Waals surface area contributed by atoms with Gasteiger partial charge >= 0.3 is 0 Å². The maximum absolute atomic E-state index is 13.4. The number of ether oxygens (including phenoxy) is 1. The lowest BCUT2D eigenvalue weighted by molar-refractivity contribution is -0.621. The average Bonchev–Trinajstić information content (AvgIpc) is 2.69. The first-order valence-corrected chi connectivity index (χ1v) is 10.6. The van der Waals surface area contributed by atoms with Crippen LogP contribution in [0.5, 0.6) is 5.75 Å². The summed E-state index contributed by atoms with van der Waals surface area (Å²) in [7, 11) is 0. The number of pyridine rings is 1. The third-order valence-corrected chi connectivity index (χ3v) is 4.96.